The predicted molar refractivity (Wildman–Crippen MR) is 81.4 cm³/mol. The van der Waals surface area contributed by atoms with E-state index in [4.69, 9.17) is 0 Å². The molecule has 0 aliphatic heterocycles. The SMILES string of the molecule is CCCCc1ccc2c3c(sc2c1)C(C)=C(C)[CH]3[Zr+3].[Cl-].[Cl-].[Cl-]. The van der Waals surface area contributed by atoms with Gasteiger partial charge in [-0.3, -0.25) is 0 Å². The minimum absolute atomic E-state index is 0. The van der Waals surface area contributed by atoms with Gasteiger partial charge in [-0.05, 0) is 0 Å². The number of benzene rings is 1. The molecule has 22 heavy (non-hydrogen) atoms. The van der Waals surface area contributed by atoms with Crippen molar-refractivity contribution in [3.8, 4) is 0 Å². The molecule has 0 amide bonds. The first-order valence-corrected chi connectivity index (χ1v) is 9.31. The number of rotatable bonds is 3. The minimum Gasteiger partial charge on any atom is -1.00 e. The van der Waals surface area contributed by atoms with Crippen LogP contribution in [0.3, 0.4) is 0 Å². The van der Waals surface area contributed by atoms with Crippen LogP contribution in [0, 0.1) is 0 Å². The summed E-state index contributed by atoms with van der Waals surface area (Å²) in [5, 5.41) is 1.51. The Bertz CT molecular complexity index is 676. The molecule has 0 fully saturated rings. The first-order valence-electron chi connectivity index (χ1n) is 7.07. The van der Waals surface area contributed by atoms with Crippen molar-refractivity contribution in [2.24, 2.45) is 0 Å². The van der Waals surface area contributed by atoms with Gasteiger partial charge in [-0.2, -0.15) is 0 Å². The second-order valence-electron chi connectivity index (χ2n) is 5.52. The molecule has 0 N–H and O–H groups in total. The third kappa shape index (κ3) is 3.84. The van der Waals surface area contributed by atoms with E-state index >= 15 is 0 Å². The molecule has 1 atom stereocenters. The fraction of sp³-hybridized carbons (Fsp3) is 0.412. The Morgan fingerprint density at radius 1 is 1.14 bits per heavy atom. The maximum Gasteiger partial charge on any atom is -1.00 e. The average Bonchev–Trinajstić information content (AvgIpc) is 2.89. The van der Waals surface area contributed by atoms with E-state index in [1.54, 1.807) is 40.7 Å². The fourth-order valence-corrected chi connectivity index (χ4v) is 5.77. The van der Waals surface area contributed by atoms with Crippen LogP contribution in [0.4, 0.5) is 0 Å². The number of thiophene rings is 1. The summed E-state index contributed by atoms with van der Waals surface area (Å²) in [4.78, 5) is 1.56. The third-order valence-corrected chi connectivity index (χ3v) is 7.33. The number of fused-ring (bicyclic) bond motifs is 3. The molecule has 0 saturated carbocycles. The Balaban J connectivity index is 0.00000147. The van der Waals surface area contributed by atoms with Crippen LogP contribution in [0.5, 0.6) is 0 Å². The maximum absolute atomic E-state index is 2.43. The smallest absolute Gasteiger partial charge is 1.00 e. The Morgan fingerprint density at radius 2 is 1.82 bits per heavy atom. The minimum atomic E-state index is 0. The van der Waals surface area contributed by atoms with Gasteiger partial charge in [-0.25, -0.2) is 0 Å². The maximum atomic E-state index is 2.43. The van der Waals surface area contributed by atoms with Crippen LogP contribution < -0.4 is 37.2 Å². The molecule has 118 valence electrons. The van der Waals surface area contributed by atoms with Crippen LogP contribution in [-0.2, 0) is 31.1 Å². The van der Waals surface area contributed by atoms with Crippen LogP contribution in [0.25, 0.3) is 15.7 Å². The van der Waals surface area contributed by atoms with Gasteiger partial charge in [0, 0.05) is 0 Å². The molecule has 1 aromatic heterocycles. The standard InChI is InChI=1S/C17H19S.3ClH.Zr/c1-4-5-6-13-7-8-14-15-9-11(2)12(3)17(15)18-16(14)10-13;;;;/h7-10H,4-6H2,1-3H3;3*1H;/q;;;;+3/p-3. The summed E-state index contributed by atoms with van der Waals surface area (Å²) in [6, 6.07) is 7.15. The van der Waals surface area contributed by atoms with Gasteiger partial charge in [-0.15, -0.1) is 0 Å². The molecule has 0 spiro atoms. The Morgan fingerprint density at radius 3 is 2.45 bits per heavy atom. The van der Waals surface area contributed by atoms with Crippen molar-refractivity contribution in [2.75, 3.05) is 0 Å². The van der Waals surface area contributed by atoms with Gasteiger partial charge in [-0.1, -0.05) is 0 Å². The van der Waals surface area contributed by atoms with Crippen LogP contribution in [-0.4, -0.2) is 0 Å². The predicted octanol–water partition coefficient (Wildman–Crippen LogP) is -3.35. The van der Waals surface area contributed by atoms with Gasteiger partial charge < -0.3 is 37.2 Å². The summed E-state index contributed by atoms with van der Waals surface area (Å²) in [6.07, 6.45) is 3.81. The second kappa shape index (κ2) is 9.23. The number of hydrogen-bond donors (Lipinski definition) is 0. The quantitative estimate of drug-likeness (QED) is 0.457. The van der Waals surface area contributed by atoms with Crippen molar-refractivity contribution >= 4 is 27.0 Å². The molecule has 3 rings (SSSR count). The van der Waals surface area contributed by atoms with Crippen molar-refractivity contribution in [3.05, 3.63) is 39.8 Å². The molecular formula is C17H19Cl3SZr. The van der Waals surface area contributed by atoms with Gasteiger partial charge >= 0.3 is 135 Å². The molecule has 0 saturated heterocycles. The van der Waals surface area contributed by atoms with Crippen LogP contribution in [0.1, 0.15) is 53.2 Å². The summed E-state index contributed by atoms with van der Waals surface area (Å²) >= 11 is 3.63. The summed E-state index contributed by atoms with van der Waals surface area (Å²) in [7, 11) is 0. The van der Waals surface area contributed by atoms with Gasteiger partial charge in [0.05, 0.1) is 0 Å². The molecule has 0 bridgehead atoms. The molecule has 1 aliphatic rings. The molecule has 0 radical (unpaired) electrons. The Kier molecular flexibility index (Phi) is 9.52. The Hall–Kier alpha value is 0.673. The normalized spacial score (nSPS) is 16.0. The molecule has 5 heteroatoms. The molecule has 1 unspecified atom stereocenters. The molecule has 1 aliphatic carbocycles. The van der Waals surface area contributed by atoms with Crippen molar-refractivity contribution < 1.29 is 61.9 Å². The van der Waals surface area contributed by atoms with E-state index in [1.165, 1.54) is 40.5 Å². The third-order valence-electron chi connectivity index (χ3n) is 4.27. The van der Waals surface area contributed by atoms with Crippen molar-refractivity contribution in [3.63, 3.8) is 0 Å². The summed E-state index contributed by atoms with van der Waals surface area (Å²) in [6.45, 7) is 6.87. The summed E-state index contributed by atoms with van der Waals surface area (Å²) in [5.41, 5.74) is 6.26. The van der Waals surface area contributed by atoms with Crippen LogP contribution in [0.2, 0.25) is 0 Å². The zero-order valence-corrected chi connectivity index (χ0v) is 18.5. The van der Waals surface area contributed by atoms with Crippen molar-refractivity contribution in [2.45, 2.75) is 43.7 Å². The fourth-order valence-electron chi connectivity index (χ4n) is 2.87. The van der Waals surface area contributed by atoms with Crippen molar-refractivity contribution in [1.82, 2.24) is 0 Å². The first kappa shape index (κ1) is 22.7. The molecule has 1 heterocycles. The molecular weight excluding hydrogens is 434 g/mol. The zero-order valence-electron chi connectivity index (χ0n) is 13.0. The Labute approximate surface area is 171 Å². The number of aryl methyl sites for hydroxylation is 1. The van der Waals surface area contributed by atoms with Crippen molar-refractivity contribution in [1.29, 1.82) is 0 Å². The van der Waals surface area contributed by atoms with E-state index < -0.39 is 0 Å². The number of unbranched alkanes of at least 4 members (excludes halogenated alkanes) is 1. The molecule has 0 nitrogen and oxygen atoms in total. The van der Waals surface area contributed by atoms with E-state index in [2.05, 4.69) is 39.0 Å². The van der Waals surface area contributed by atoms with Crippen LogP contribution in [0.15, 0.2) is 23.8 Å². The van der Waals surface area contributed by atoms with Gasteiger partial charge in [0.1, 0.15) is 0 Å². The van der Waals surface area contributed by atoms with Crippen LogP contribution >= 0.6 is 11.3 Å². The van der Waals surface area contributed by atoms with E-state index in [9.17, 15) is 0 Å². The molecule has 2 aromatic rings. The van der Waals surface area contributed by atoms with E-state index in [0.29, 0.717) is 3.63 Å². The van der Waals surface area contributed by atoms with Gasteiger partial charge in [0.25, 0.3) is 0 Å². The zero-order chi connectivity index (χ0) is 13.6. The topological polar surface area (TPSA) is 0 Å². The van der Waals surface area contributed by atoms with Gasteiger partial charge in [0.2, 0.25) is 0 Å². The largest absolute Gasteiger partial charge is 1.00 e. The van der Waals surface area contributed by atoms with Gasteiger partial charge in [0.15, 0.2) is 0 Å². The summed E-state index contributed by atoms with van der Waals surface area (Å²) in [5.74, 6) is 0. The average molecular weight is 453 g/mol. The number of allylic oxidation sites excluding steroid dienone is 2. The molecule has 1 aromatic carbocycles. The van der Waals surface area contributed by atoms with E-state index in [0.717, 1.165) is 0 Å². The second-order valence-corrected chi connectivity index (χ2v) is 7.99. The number of halogens is 3. The van der Waals surface area contributed by atoms with E-state index in [1.807, 2.05) is 11.3 Å². The monoisotopic (exact) mass is 450 g/mol. The summed E-state index contributed by atoms with van der Waals surface area (Å²) < 4.78 is 2.19. The first-order chi connectivity index (χ1) is 9.13. The van der Waals surface area contributed by atoms with E-state index in [-0.39, 0.29) is 37.2 Å². The number of hydrogen-bond acceptors (Lipinski definition) is 1.